The first-order valence-electron chi connectivity index (χ1n) is 8.47. The van der Waals surface area contributed by atoms with Crippen LogP contribution in [0.25, 0.3) is 0 Å². The Morgan fingerprint density at radius 1 is 1.18 bits per heavy atom. The lowest BCUT2D eigenvalue weighted by molar-refractivity contribution is 0.148. The van der Waals surface area contributed by atoms with E-state index < -0.39 is 0 Å². The van der Waals surface area contributed by atoms with Gasteiger partial charge >= 0.3 is 6.09 Å². The van der Waals surface area contributed by atoms with Crippen molar-refractivity contribution in [3.63, 3.8) is 0 Å². The van der Waals surface area contributed by atoms with Gasteiger partial charge < -0.3 is 10.1 Å². The van der Waals surface area contributed by atoms with Gasteiger partial charge in [0.15, 0.2) is 0 Å². The van der Waals surface area contributed by atoms with Gasteiger partial charge in [0, 0.05) is 12.1 Å². The van der Waals surface area contributed by atoms with Crippen molar-refractivity contribution in [1.82, 2.24) is 5.32 Å². The average Bonchev–Trinajstić information content (AvgIpc) is 2.54. The molecule has 1 aliphatic heterocycles. The summed E-state index contributed by atoms with van der Waals surface area (Å²) in [6.07, 6.45) is 1.73. The molecule has 0 fully saturated rings. The van der Waals surface area contributed by atoms with Crippen LogP contribution in [0.4, 0.5) is 10.5 Å². The Morgan fingerprint density at radius 3 is 2.50 bits per heavy atom. The van der Waals surface area contributed by atoms with Gasteiger partial charge in [-0.1, -0.05) is 39.0 Å². The standard InChI is InChI=1S/C18H28N2O2/c1-5-13-15(6-2)20(18(21)22-8-4)16-12-10-9-11-14(16)17(13)19-7-3/h9-13,15,17,19H,5-8H2,1-4H3. The first-order chi connectivity index (χ1) is 10.7. The van der Waals surface area contributed by atoms with Crippen molar-refractivity contribution in [2.24, 2.45) is 5.92 Å². The average molecular weight is 304 g/mol. The number of benzene rings is 1. The van der Waals surface area contributed by atoms with Gasteiger partial charge in [0.2, 0.25) is 0 Å². The second kappa shape index (κ2) is 7.63. The summed E-state index contributed by atoms with van der Waals surface area (Å²) < 4.78 is 5.32. The van der Waals surface area contributed by atoms with Gasteiger partial charge in [0.25, 0.3) is 0 Å². The molecule has 0 aliphatic carbocycles. The van der Waals surface area contributed by atoms with Crippen LogP contribution < -0.4 is 10.2 Å². The molecule has 0 aromatic heterocycles. The molecule has 1 aliphatic rings. The summed E-state index contributed by atoms with van der Waals surface area (Å²) in [6, 6.07) is 8.66. The largest absolute Gasteiger partial charge is 0.449 e. The van der Waals surface area contributed by atoms with E-state index in [1.165, 1.54) is 5.56 Å². The molecule has 22 heavy (non-hydrogen) atoms. The van der Waals surface area contributed by atoms with Crippen molar-refractivity contribution in [2.45, 2.75) is 52.6 Å². The molecule has 122 valence electrons. The summed E-state index contributed by atoms with van der Waals surface area (Å²) in [5.74, 6) is 0.393. The third-order valence-corrected chi connectivity index (χ3v) is 4.56. The predicted octanol–water partition coefficient (Wildman–Crippen LogP) is 4.12. The number of ether oxygens (including phenoxy) is 1. The molecule has 1 aromatic rings. The van der Waals surface area contributed by atoms with Crippen molar-refractivity contribution in [1.29, 1.82) is 0 Å². The number of fused-ring (bicyclic) bond motifs is 1. The van der Waals surface area contributed by atoms with Crippen LogP contribution >= 0.6 is 0 Å². The zero-order valence-corrected chi connectivity index (χ0v) is 14.1. The van der Waals surface area contributed by atoms with Gasteiger partial charge in [-0.15, -0.1) is 0 Å². The number of hydrogen-bond donors (Lipinski definition) is 1. The lowest BCUT2D eigenvalue weighted by atomic mass is 9.78. The second-order valence-corrected chi connectivity index (χ2v) is 5.71. The Bertz CT molecular complexity index is 504. The van der Waals surface area contributed by atoms with E-state index in [1.807, 2.05) is 30.0 Å². The minimum atomic E-state index is -0.227. The van der Waals surface area contributed by atoms with Gasteiger partial charge in [0.05, 0.1) is 12.3 Å². The van der Waals surface area contributed by atoms with E-state index in [4.69, 9.17) is 4.74 Å². The smallest absolute Gasteiger partial charge is 0.414 e. The molecule has 1 N–H and O–H groups in total. The molecular formula is C18H28N2O2. The Balaban J connectivity index is 2.52. The fourth-order valence-corrected chi connectivity index (χ4v) is 3.69. The quantitative estimate of drug-likeness (QED) is 0.889. The maximum Gasteiger partial charge on any atom is 0.414 e. The molecule has 1 heterocycles. The summed E-state index contributed by atoms with van der Waals surface area (Å²) >= 11 is 0. The van der Waals surface area contributed by atoms with Gasteiger partial charge in [-0.05, 0) is 43.9 Å². The molecule has 1 amide bonds. The van der Waals surface area contributed by atoms with E-state index >= 15 is 0 Å². The van der Waals surface area contributed by atoms with Crippen LogP contribution in [0, 0.1) is 5.92 Å². The van der Waals surface area contributed by atoms with E-state index in [-0.39, 0.29) is 12.1 Å². The topological polar surface area (TPSA) is 41.6 Å². The number of nitrogens with one attached hydrogen (secondary N) is 1. The van der Waals surface area contributed by atoms with Crippen molar-refractivity contribution < 1.29 is 9.53 Å². The maximum atomic E-state index is 12.5. The third kappa shape index (κ3) is 2.98. The summed E-state index contributed by atoms with van der Waals surface area (Å²) in [5.41, 5.74) is 2.19. The highest BCUT2D eigenvalue weighted by Crippen LogP contribution is 2.43. The molecule has 0 saturated heterocycles. The first kappa shape index (κ1) is 16.8. The van der Waals surface area contributed by atoms with Crippen molar-refractivity contribution in [3.05, 3.63) is 29.8 Å². The van der Waals surface area contributed by atoms with Gasteiger partial charge in [-0.2, -0.15) is 0 Å². The first-order valence-corrected chi connectivity index (χ1v) is 8.47. The summed E-state index contributed by atoms with van der Waals surface area (Å²) in [6.45, 7) is 9.67. The maximum absolute atomic E-state index is 12.5. The highest BCUT2D eigenvalue weighted by Gasteiger charge is 2.41. The number of carbonyl (C=O) groups excluding carboxylic acids is 1. The molecule has 3 atom stereocenters. The number of para-hydroxylation sites is 1. The van der Waals surface area contributed by atoms with Crippen LogP contribution in [0.1, 0.15) is 52.1 Å². The Kier molecular flexibility index (Phi) is 5.83. The molecule has 3 unspecified atom stereocenters. The Morgan fingerprint density at radius 2 is 1.91 bits per heavy atom. The fourth-order valence-electron chi connectivity index (χ4n) is 3.69. The third-order valence-electron chi connectivity index (χ3n) is 4.56. The SMILES string of the molecule is CCNC1c2ccccc2N(C(=O)OCC)C(CC)C1CC. The van der Waals surface area contributed by atoms with Crippen LogP contribution in [0.5, 0.6) is 0 Å². The van der Waals surface area contributed by atoms with Crippen LogP contribution in [-0.2, 0) is 4.74 Å². The minimum Gasteiger partial charge on any atom is -0.449 e. The van der Waals surface area contributed by atoms with E-state index in [0.29, 0.717) is 18.6 Å². The van der Waals surface area contributed by atoms with E-state index in [1.54, 1.807) is 0 Å². The summed E-state index contributed by atoms with van der Waals surface area (Å²) in [7, 11) is 0. The van der Waals surface area contributed by atoms with Crippen LogP contribution in [0.3, 0.4) is 0 Å². The van der Waals surface area contributed by atoms with Crippen molar-refractivity contribution >= 4 is 11.8 Å². The van der Waals surface area contributed by atoms with E-state index in [2.05, 4.69) is 32.2 Å². The summed E-state index contributed by atoms with van der Waals surface area (Å²) in [5, 5.41) is 3.62. The molecule has 2 rings (SSSR count). The molecule has 0 radical (unpaired) electrons. The number of anilines is 1. The summed E-state index contributed by atoms with van der Waals surface area (Å²) in [4.78, 5) is 14.4. The highest BCUT2D eigenvalue weighted by molar-refractivity contribution is 5.90. The second-order valence-electron chi connectivity index (χ2n) is 5.71. The Hall–Kier alpha value is -1.55. The van der Waals surface area contributed by atoms with Gasteiger partial charge in [-0.3, -0.25) is 4.90 Å². The lowest BCUT2D eigenvalue weighted by Crippen LogP contribution is -2.52. The molecule has 0 bridgehead atoms. The minimum absolute atomic E-state index is 0.169. The van der Waals surface area contributed by atoms with Crippen LogP contribution in [0.15, 0.2) is 24.3 Å². The highest BCUT2D eigenvalue weighted by atomic mass is 16.6. The molecular weight excluding hydrogens is 276 g/mol. The molecule has 0 spiro atoms. The number of amides is 1. The van der Waals surface area contributed by atoms with Crippen LogP contribution in [-0.4, -0.2) is 25.3 Å². The number of rotatable bonds is 5. The van der Waals surface area contributed by atoms with Crippen molar-refractivity contribution in [2.75, 3.05) is 18.1 Å². The number of hydrogen-bond acceptors (Lipinski definition) is 3. The molecule has 1 aromatic carbocycles. The van der Waals surface area contributed by atoms with Crippen molar-refractivity contribution in [3.8, 4) is 0 Å². The zero-order valence-electron chi connectivity index (χ0n) is 14.1. The Labute approximate surface area is 133 Å². The monoisotopic (exact) mass is 304 g/mol. The van der Waals surface area contributed by atoms with Crippen LogP contribution in [0.2, 0.25) is 0 Å². The lowest BCUT2D eigenvalue weighted by Gasteiger charge is -2.45. The molecule has 4 nitrogen and oxygen atoms in total. The van der Waals surface area contributed by atoms with E-state index in [9.17, 15) is 4.79 Å². The van der Waals surface area contributed by atoms with E-state index in [0.717, 1.165) is 25.1 Å². The normalized spacial score (nSPS) is 24.0. The number of nitrogens with zero attached hydrogens (tertiary/aromatic N) is 1. The predicted molar refractivity (Wildman–Crippen MR) is 90.2 cm³/mol. The fraction of sp³-hybridized carbons (Fsp3) is 0.611. The van der Waals surface area contributed by atoms with Gasteiger partial charge in [-0.25, -0.2) is 4.79 Å². The zero-order chi connectivity index (χ0) is 16.1. The molecule has 4 heteroatoms. The van der Waals surface area contributed by atoms with Gasteiger partial charge in [0.1, 0.15) is 0 Å². The molecule has 0 saturated carbocycles. The number of carbonyl (C=O) groups is 1.